The molecule has 1 unspecified atom stereocenters. The second kappa shape index (κ2) is 6.33. The predicted octanol–water partition coefficient (Wildman–Crippen LogP) is 3.24. The van der Waals surface area contributed by atoms with Crippen LogP contribution in [0.5, 0.6) is 5.75 Å². The fourth-order valence-electron chi connectivity index (χ4n) is 1.98. The molecule has 0 radical (unpaired) electrons. The molecule has 2 nitrogen and oxygen atoms in total. The minimum absolute atomic E-state index is 0. The Bertz CT molecular complexity index is 338. The van der Waals surface area contributed by atoms with Crippen molar-refractivity contribution in [3.63, 3.8) is 0 Å². The van der Waals surface area contributed by atoms with Crippen molar-refractivity contribution >= 4 is 24.0 Å². The molecule has 0 spiro atoms. The Morgan fingerprint density at radius 2 is 2.31 bits per heavy atom. The van der Waals surface area contributed by atoms with Gasteiger partial charge in [-0.3, -0.25) is 0 Å². The molecule has 1 heterocycles. The number of halogens is 2. The van der Waals surface area contributed by atoms with Gasteiger partial charge in [-0.2, -0.15) is 0 Å². The fourth-order valence-corrected chi connectivity index (χ4v) is 2.15. The van der Waals surface area contributed by atoms with Crippen molar-refractivity contribution in [3.05, 3.63) is 28.8 Å². The van der Waals surface area contributed by atoms with Gasteiger partial charge < -0.3 is 10.1 Å². The van der Waals surface area contributed by atoms with E-state index in [2.05, 4.69) is 17.4 Å². The van der Waals surface area contributed by atoms with Gasteiger partial charge in [-0.1, -0.05) is 17.7 Å². The zero-order valence-electron chi connectivity index (χ0n) is 9.33. The minimum Gasteiger partial charge on any atom is -0.492 e. The molecule has 0 aromatic heterocycles. The van der Waals surface area contributed by atoms with Crippen LogP contribution in [0.25, 0.3) is 0 Å². The Morgan fingerprint density at radius 3 is 2.94 bits per heavy atom. The highest BCUT2D eigenvalue weighted by molar-refractivity contribution is 6.32. The first-order valence-corrected chi connectivity index (χ1v) is 5.82. The van der Waals surface area contributed by atoms with Gasteiger partial charge in [0.05, 0.1) is 11.6 Å². The van der Waals surface area contributed by atoms with Crippen LogP contribution in [0.15, 0.2) is 18.2 Å². The van der Waals surface area contributed by atoms with Crippen molar-refractivity contribution in [1.29, 1.82) is 0 Å². The lowest BCUT2D eigenvalue weighted by molar-refractivity contribution is 0.340. The Hall–Kier alpha value is -0.440. The van der Waals surface area contributed by atoms with Gasteiger partial charge in [-0.05, 0) is 43.5 Å². The van der Waals surface area contributed by atoms with E-state index in [0.717, 1.165) is 18.8 Å². The van der Waals surface area contributed by atoms with Gasteiger partial charge in [0.2, 0.25) is 0 Å². The van der Waals surface area contributed by atoms with Gasteiger partial charge in [0.15, 0.2) is 0 Å². The van der Waals surface area contributed by atoms with Crippen molar-refractivity contribution in [2.45, 2.75) is 19.3 Å². The zero-order valence-corrected chi connectivity index (χ0v) is 10.9. The SMILES string of the molecule is CCOc1cc(C2CCNC2)ccc1Cl.Cl. The number of hydrogen-bond acceptors (Lipinski definition) is 2. The second-order valence-corrected chi connectivity index (χ2v) is 4.22. The van der Waals surface area contributed by atoms with Crippen LogP contribution in [0.3, 0.4) is 0 Å². The van der Waals surface area contributed by atoms with Gasteiger partial charge >= 0.3 is 0 Å². The molecule has 1 fully saturated rings. The van der Waals surface area contributed by atoms with Crippen LogP contribution in [0, 0.1) is 0 Å². The molecule has 16 heavy (non-hydrogen) atoms. The largest absolute Gasteiger partial charge is 0.492 e. The summed E-state index contributed by atoms with van der Waals surface area (Å²) in [5.41, 5.74) is 1.33. The van der Waals surface area contributed by atoms with E-state index in [-0.39, 0.29) is 12.4 Å². The molecular weight excluding hydrogens is 245 g/mol. The van der Waals surface area contributed by atoms with E-state index in [1.807, 2.05) is 13.0 Å². The third kappa shape index (κ3) is 3.03. The van der Waals surface area contributed by atoms with E-state index in [1.165, 1.54) is 12.0 Å². The number of rotatable bonds is 3. The smallest absolute Gasteiger partial charge is 0.138 e. The van der Waals surface area contributed by atoms with Gasteiger partial charge in [0.25, 0.3) is 0 Å². The summed E-state index contributed by atoms with van der Waals surface area (Å²) in [4.78, 5) is 0. The molecule has 4 heteroatoms. The van der Waals surface area contributed by atoms with Crippen molar-refractivity contribution in [2.24, 2.45) is 0 Å². The van der Waals surface area contributed by atoms with Crippen molar-refractivity contribution < 1.29 is 4.74 Å². The predicted molar refractivity (Wildman–Crippen MR) is 70.1 cm³/mol. The highest BCUT2D eigenvalue weighted by atomic mass is 35.5. The lowest BCUT2D eigenvalue weighted by atomic mass is 9.98. The highest BCUT2D eigenvalue weighted by Gasteiger charge is 2.17. The molecular formula is C12H17Cl2NO. The molecule has 1 N–H and O–H groups in total. The van der Waals surface area contributed by atoms with Crippen molar-refractivity contribution in [1.82, 2.24) is 5.32 Å². The summed E-state index contributed by atoms with van der Waals surface area (Å²) >= 11 is 6.04. The third-order valence-electron chi connectivity index (χ3n) is 2.79. The Morgan fingerprint density at radius 1 is 1.50 bits per heavy atom. The van der Waals surface area contributed by atoms with Gasteiger partial charge in [-0.25, -0.2) is 0 Å². The molecule has 1 aromatic rings. The van der Waals surface area contributed by atoms with Crippen molar-refractivity contribution in [2.75, 3.05) is 19.7 Å². The van der Waals surface area contributed by atoms with Crippen LogP contribution < -0.4 is 10.1 Å². The quantitative estimate of drug-likeness (QED) is 0.902. The Labute approximate surface area is 108 Å². The maximum atomic E-state index is 6.04. The number of hydrogen-bond donors (Lipinski definition) is 1. The van der Waals surface area contributed by atoms with Gasteiger partial charge in [0, 0.05) is 6.54 Å². The summed E-state index contributed by atoms with van der Waals surface area (Å²) in [6.45, 7) is 4.80. The Kier molecular flexibility index (Phi) is 5.39. The van der Waals surface area contributed by atoms with Crippen LogP contribution in [0.2, 0.25) is 5.02 Å². The van der Waals surface area contributed by atoms with E-state index in [1.54, 1.807) is 0 Å². The summed E-state index contributed by atoms with van der Waals surface area (Å²) in [5, 5.41) is 4.06. The van der Waals surface area contributed by atoms with Crippen LogP contribution in [0.1, 0.15) is 24.8 Å². The number of benzene rings is 1. The van der Waals surface area contributed by atoms with E-state index < -0.39 is 0 Å². The van der Waals surface area contributed by atoms with Crippen LogP contribution >= 0.6 is 24.0 Å². The molecule has 1 aromatic carbocycles. The molecule has 0 amide bonds. The van der Waals surface area contributed by atoms with Crippen LogP contribution in [-0.2, 0) is 0 Å². The molecule has 90 valence electrons. The molecule has 0 saturated carbocycles. The van der Waals surface area contributed by atoms with Gasteiger partial charge in [0.1, 0.15) is 5.75 Å². The van der Waals surface area contributed by atoms with E-state index in [9.17, 15) is 0 Å². The second-order valence-electron chi connectivity index (χ2n) is 3.81. The normalized spacial score (nSPS) is 19.2. The molecule has 1 atom stereocenters. The number of nitrogens with one attached hydrogen (secondary N) is 1. The lowest BCUT2D eigenvalue weighted by Crippen LogP contribution is -2.08. The molecule has 0 aliphatic carbocycles. The first kappa shape index (κ1) is 13.6. The zero-order chi connectivity index (χ0) is 10.7. The fraction of sp³-hybridized carbons (Fsp3) is 0.500. The maximum absolute atomic E-state index is 6.04. The average molecular weight is 262 g/mol. The molecule has 0 bridgehead atoms. The molecule has 1 aliphatic rings. The molecule has 1 aliphatic heterocycles. The summed E-state index contributed by atoms with van der Waals surface area (Å²) in [5.74, 6) is 1.42. The van der Waals surface area contributed by atoms with Crippen LogP contribution in [-0.4, -0.2) is 19.7 Å². The maximum Gasteiger partial charge on any atom is 0.138 e. The number of ether oxygens (including phenoxy) is 1. The first-order valence-electron chi connectivity index (χ1n) is 5.44. The average Bonchev–Trinajstić information content (AvgIpc) is 2.75. The monoisotopic (exact) mass is 261 g/mol. The van der Waals surface area contributed by atoms with E-state index in [0.29, 0.717) is 17.5 Å². The van der Waals surface area contributed by atoms with Crippen LogP contribution in [0.4, 0.5) is 0 Å². The topological polar surface area (TPSA) is 21.3 Å². The van der Waals surface area contributed by atoms with Gasteiger partial charge in [-0.15, -0.1) is 12.4 Å². The summed E-state index contributed by atoms with van der Waals surface area (Å²) in [6.07, 6.45) is 1.20. The summed E-state index contributed by atoms with van der Waals surface area (Å²) in [6, 6.07) is 6.10. The lowest BCUT2D eigenvalue weighted by Gasteiger charge is -2.12. The van der Waals surface area contributed by atoms with E-state index in [4.69, 9.17) is 16.3 Å². The third-order valence-corrected chi connectivity index (χ3v) is 3.10. The van der Waals surface area contributed by atoms with E-state index >= 15 is 0 Å². The Balaban J connectivity index is 0.00000128. The standard InChI is InChI=1S/C12H16ClNO.ClH/c1-2-15-12-7-9(3-4-11(12)13)10-5-6-14-8-10;/h3-4,7,10,14H,2,5-6,8H2,1H3;1H. The molecule has 1 saturated heterocycles. The summed E-state index contributed by atoms with van der Waals surface area (Å²) in [7, 11) is 0. The van der Waals surface area contributed by atoms with Crippen molar-refractivity contribution in [3.8, 4) is 5.75 Å². The minimum atomic E-state index is 0. The molecule has 2 rings (SSSR count). The highest BCUT2D eigenvalue weighted by Crippen LogP contribution is 2.30. The first-order chi connectivity index (χ1) is 7.31. The summed E-state index contributed by atoms with van der Waals surface area (Å²) < 4.78 is 5.48.